The molecule has 0 spiro atoms. The summed E-state index contributed by atoms with van der Waals surface area (Å²) in [5.74, 6) is -1.68. The Hall–Kier alpha value is -1.42. The summed E-state index contributed by atoms with van der Waals surface area (Å²) < 4.78 is 30.5. The van der Waals surface area contributed by atoms with E-state index in [2.05, 4.69) is 4.98 Å². The molecule has 1 aromatic heterocycles. The van der Waals surface area contributed by atoms with Crippen LogP contribution in [0.15, 0.2) is 18.2 Å². The fraction of sp³-hybridized carbons (Fsp3) is 0.200. The Morgan fingerprint density at radius 1 is 1.21 bits per heavy atom. The number of benzene rings is 1. The van der Waals surface area contributed by atoms with Gasteiger partial charge in [-0.15, -0.1) is 0 Å². The molecule has 0 amide bonds. The van der Waals surface area contributed by atoms with Gasteiger partial charge in [-0.25, -0.2) is 8.78 Å². The zero-order valence-electron chi connectivity index (χ0n) is 7.60. The van der Waals surface area contributed by atoms with Gasteiger partial charge in [0, 0.05) is 29.8 Å². The van der Waals surface area contributed by atoms with Crippen LogP contribution < -0.4 is 0 Å². The van der Waals surface area contributed by atoms with Crippen LogP contribution in [0.1, 0.15) is 5.69 Å². The van der Waals surface area contributed by atoms with E-state index in [1.54, 1.807) is 13.2 Å². The molecule has 0 aliphatic heterocycles. The Bertz CT molecular complexity index is 425. The predicted octanol–water partition coefficient (Wildman–Crippen LogP) is 2.59. The van der Waals surface area contributed by atoms with Crippen LogP contribution in [0.3, 0.4) is 0 Å². The zero-order chi connectivity index (χ0) is 10.1. The topological polar surface area (TPSA) is 25.0 Å². The summed E-state index contributed by atoms with van der Waals surface area (Å²) in [6.45, 7) is 0.401. The SMILES string of the molecule is COCc1cc2cc(F)c(F)cc2[nH]1. The highest BCUT2D eigenvalue weighted by Gasteiger charge is 2.06. The Morgan fingerprint density at radius 2 is 1.93 bits per heavy atom. The molecule has 0 aliphatic carbocycles. The average molecular weight is 197 g/mol. The maximum Gasteiger partial charge on any atom is 0.160 e. The Labute approximate surface area is 79.5 Å². The lowest BCUT2D eigenvalue weighted by Gasteiger charge is -1.92. The highest BCUT2D eigenvalue weighted by atomic mass is 19.2. The molecular weight excluding hydrogens is 188 g/mol. The van der Waals surface area contributed by atoms with E-state index in [1.165, 1.54) is 6.07 Å². The van der Waals surface area contributed by atoms with E-state index in [0.717, 1.165) is 11.8 Å². The van der Waals surface area contributed by atoms with Gasteiger partial charge in [-0.05, 0) is 12.1 Å². The normalized spacial score (nSPS) is 11.1. The second-order valence-corrected chi connectivity index (χ2v) is 3.08. The van der Waals surface area contributed by atoms with Gasteiger partial charge in [-0.3, -0.25) is 0 Å². The van der Waals surface area contributed by atoms with Gasteiger partial charge < -0.3 is 9.72 Å². The summed E-state index contributed by atoms with van der Waals surface area (Å²) in [5.41, 5.74) is 1.38. The maximum atomic E-state index is 12.8. The van der Waals surface area contributed by atoms with Crippen molar-refractivity contribution < 1.29 is 13.5 Å². The lowest BCUT2D eigenvalue weighted by Crippen LogP contribution is -1.85. The molecule has 1 aromatic carbocycles. The number of halogens is 2. The largest absolute Gasteiger partial charge is 0.378 e. The van der Waals surface area contributed by atoms with Gasteiger partial charge in [0.2, 0.25) is 0 Å². The number of rotatable bonds is 2. The van der Waals surface area contributed by atoms with Crippen LogP contribution in [-0.2, 0) is 11.3 Å². The summed E-state index contributed by atoms with van der Waals surface area (Å²) in [7, 11) is 1.56. The quantitative estimate of drug-likeness (QED) is 0.786. The highest BCUT2D eigenvalue weighted by molar-refractivity contribution is 5.80. The molecule has 4 heteroatoms. The third kappa shape index (κ3) is 1.48. The van der Waals surface area contributed by atoms with Gasteiger partial charge in [-0.2, -0.15) is 0 Å². The molecule has 2 aromatic rings. The summed E-state index contributed by atoms with van der Waals surface area (Å²) in [5, 5.41) is 0.649. The van der Waals surface area contributed by atoms with Crippen molar-refractivity contribution in [1.82, 2.24) is 4.98 Å². The van der Waals surface area contributed by atoms with Gasteiger partial charge in [0.1, 0.15) is 0 Å². The number of hydrogen-bond acceptors (Lipinski definition) is 1. The van der Waals surface area contributed by atoms with Gasteiger partial charge in [0.05, 0.1) is 6.61 Å². The van der Waals surface area contributed by atoms with E-state index in [9.17, 15) is 8.78 Å². The van der Waals surface area contributed by atoms with Crippen LogP contribution in [0.4, 0.5) is 8.78 Å². The number of fused-ring (bicyclic) bond motifs is 1. The van der Waals surface area contributed by atoms with Crippen molar-refractivity contribution in [2.45, 2.75) is 6.61 Å². The molecular formula is C10H9F2NO. The van der Waals surface area contributed by atoms with Gasteiger partial charge in [0.15, 0.2) is 11.6 Å². The number of methoxy groups -OCH3 is 1. The summed E-state index contributed by atoms with van der Waals surface area (Å²) in [6.07, 6.45) is 0. The smallest absolute Gasteiger partial charge is 0.160 e. The molecule has 0 unspecified atom stereocenters. The minimum absolute atomic E-state index is 0.401. The predicted molar refractivity (Wildman–Crippen MR) is 48.9 cm³/mol. The fourth-order valence-corrected chi connectivity index (χ4v) is 1.42. The lowest BCUT2D eigenvalue weighted by molar-refractivity contribution is 0.182. The molecule has 0 radical (unpaired) electrons. The zero-order valence-corrected chi connectivity index (χ0v) is 7.60. The first-order valence-corrected chi connectivity index (χ1v) is 4.16. The molecule has 1 heterocycles. The van der Waals surface area contributed by atoms with Crippen LogP contribution in [0, 0.1) is 11.6 Å². The standard InChI is InChI=1S/C10H9F2NO/c1-14-5-7-2-6-3-8(11)9(12)4-10(6)13-7/h2-4,13H,5H2,1H3. The van der Waals surface area contributed by atoms with Crippen LogP contribution in [0.25, 0.3) is 10.9 Å². The van der Waals surface area contributed by atoms with Crippen molar-refractivity contribution in [3.05, 3.63) is 35.5 Å². The third-order valence-electron chi connectivity index (χ3n) is 2.02. The fourth-order valence-electron chi connectivity index (χ4n) is 1.42. The van der Waals surface area contributed by atoms with E-state index in [4.69, 9.17) is 4.74 Å². The molecule has 1 N–H and O–H groups in total. The molecule has 2 rings (SSSR count). The van der Waals surface area contributed by atoms with Crippen molar-refractivity contribution in [2.24, 2.45) is 0 Å². The van der Waals surface area contributed by atoms with Crippen LogP contribution in [0.5, 0.6) is 0 Å². The van der Waals surface area contributed by atoms with E-state index >= 15 is 0 Å². The highest BCUT2D eigenvalue weighted by Crippen LogP contribution is 2.19. The molecule has 74 valence electrons. The molecule has 14 heavy (non-hydrogen) atoms. The van der Waals surface area contributed by atoms with Crippen molar-refractivity contribution in [3.63, 3.8) is 0 Å². The van der Waals surface area contributed by atoms with Crippen LogP contribution >= 0.6 is 0 Å². The third-order valence-corrected chi connectivity index (χ3v) is 2.02. The number of nitrogens with one attached hydrogen (secondary N) is 1. The Morgan fingerprint density at radius 3 is 2.64 bits per heavy atom. The molecule has 0 atom stereocenters. The number of aromatic nitrogens is 1. The molecule has 0 fully saturated rings. The van der Waals surface area contributed by atoms with E-state index < -0.39 is 11.6 Å². The minimum atomic E-state index is -0.844. The molecule has 0 aliphatic rings. The Kier molecular flexibility index (Phi) is 2.21. The first kappa shape index (κ1) is 9.15. The van der Waals surface area contributed by atoms with E-state index in [-0.39, 0.29) is 0 Å². The molecule has 2 nitrogen and oxygen atoms in total. The van der Waals surface area contributed by atoms with Crippen LogP contribution in [0.2, 0.25) is 0 Å². The van der Waals surface area contributed by atoms with Gasteiger partial charge in [0.25, 0.3) is 0 Å². The van der Waals surface area contributed by atoms with E-state index in [1.807, 2.05) is 0 Å². The second-order valence-electron chi connectivity index (χ2n) is 3.08. The number of aromatic amines is 1. The summed E-state index contributed by atoms with van der Waals surface area (Å²) in [4.78, 5) is 2.93. The van der Waals surface area contributed by atoms with Crippen molar-refractivity contribution in [2.75, 3.05) is 7.11 Å². The summed E-state index contributed by atoms with van der Waals surface area (Å²) >= 11 is 0. The molecule has 0 bridgehead atoms. The van der Waals surface area contributed by atoms with Crippen LogP contribution in [-0.4, -0.2) is 12.1 Å². The van der Waals surface area contributed by atoms with Crippen molar-refractivity contribution in [3.8, 4) is 0 Å². The molecule has 0 saturated carbocycles. The Balaban J connectivity index is 2.54. The van der Waals surface area contributed by atoms with Gasteiger partial charge in [-0.1, -0.05) is 0 Å². The first-order valence-electron chi connectivity index (χ1n) is 4.16. The number of H-pyrrole nitrogens is 1. The van der Waals surface area contributed by atoms with Crippen molar-refractivity contribution in [1.29, 1.82) is 0 Å². The monoisotopic (exact) mass is 197 g/mol. The number of ether oxygens (including phenoxy) is 1. The average Bonchev–Trinajstić information content (AvgIpc) is 2.48. The minimum Gasteiger partial charge on any atom is -0.378 e. The molecule has 0 saturated heterocycles. The van der Waals surface area contributed by atoms with Gasteiger partial charge >= 0.3 is 0 Å². The first-order chi connectivity index (χ1) is 6.70. The maximum absolute atomic E-state index is 12.8. The lowest BCUT2D eigenvalue weighted by atomic mass is 10.2. The second kappa shape index (κ2) is 3.38. The van der Waals surface area contributed by atoms with E-state index in [0.29, 0.717) is 17.5 Å². The van der Waals surface area contributed by atoms with Crippen molar-refractivity contribution >= 4 is 10.9 Å². The summed E-state index contributed by atoms with van der Waals surface area (Å²) in [6, 6.07) is 4.05. The number of hydrogen-bond donors (Lipinski definition) is 1.